The second kappa shape index (κ2) is 15.3. The average Bonchev–Trinajstić information content (AvgIpc) is 3.61. The van der Waals surface area contributed by atoms with Gasteiger partial charge in [-0.2, -0.15) is 29.8 Å². The summed E-state index contributed by atoms with van der Waals surface area (Å²) in [4.78, 5) is 12.9. The van der Waals surface area contributed by atoms with Crippen LogP contribution in [-0.2, 0) is 47.0 Å². The molecule has 298 valence electrons. The summed E-state index contributed by atoms with van der Waals surface area (Å²) in [6.45, 7) is 5.16. The number of hydrogen-bond acceptors (Lipinski definition) is 8. The van der Waals surface area contributed by atoms with E-state index in [1.807, 2.05) is 55.3 Å². The van der Waals surface area contributed by atoms with Crippen molar-refractivity contribution in [1.82, 2.24) is 0 Å². The van der Waals surface area contributed by atoms with E-state index in [2.05, 4.69) is 4.58 Å². The molecule has 55 heavy (non-hydrogen) atoms. The molecule has 0 radical (unpaired) electrons. The van der Waals surface area contributed by atoms with Gasteiger partial charge in [0.05, 0.1) is 22.0 Å². The molecule has 0 aromatic heterocycles. The lowest BCUT2D eigenvalue weighted by Gasteiger charge is -2.41. The van der Waals surface area contributed by atoms with E-state index in [0.717, 1.165) is 46.6 Å². The van der Waals surface area contributed by atoms with Gasteiger partial charge in [0.15, 0.2) is 11.4 Å². The van der Waals surface area contributed by atoms with Crippen LogP contribution >= 0.6 is 0 Å². The third-order valence-electron chi connectivity index (χ3n) is 11.8. The van der Waals surface area contributed by atoms with Gasteiger partial charge in [-0.1, -0.05) is 62.6 Å². The van der Waals surface area contributed by atoms with Gasteiger partial charge < -0.3 is 10.0 Å². The first-order valence-electron chi connectivity index (χ1n) is 18.6. The minimum atomic E-state index is -4.63. The molecule has 4 heterocycles. The second-order valence-electron chi connectivity index (χ2n) is 15.5. The zero-order valence-electron chi connectivity index (χ0n) is 31.0. The van der Waals surface area contributed by atoms with Crippen molar-refractivity contribution in [3.8, 4) is 0 Å². The Labute approximate surface area is 323 Å². The Morgan fingerprint density at radius 3 is 2.35 bits per heavy atom. The molecule has 0 fully saturated rings. The van der Waals surface area contributed by atoms with Crippen LogP contribution in [0.1, 0.15) is 89.2 Å². The smallest absolute Gasteiger partial charge is 0.303 e. The van der Waals surface area contributed by atoms with E-state index in [0.29, 0.717) is 63.6 Å². The SMILES string of the molecule is CC1(CCCCS(=O)(=O)O)C(C=CC=CC=C2[N+]3=C4C(=CC=C(S(=O)(=O)O)C4C2(C)CCCCCC(=O)O)CCC3)=CN2CCc3ccc(S(=O)(=O)O)c1c32. The van der Waals surface area contributed by atoms with Crippen LogP contribution in [-0.4, -0.2) is 79.1 Å². The predicted octanol–water partition coefficient (Wildman–Crippen LogP) is 6.14. The van der Waals surface area contributed by atoms with Gasteiger partial charge >= 0.3 is 5.97 Å². The van der Waals surface area contributed by atoms with Crippen LogP contribution in [0.5, 0.6) is 0 Å². The van der Waals surface area contributed by atoms with Crippen LogP contribution in [0.15, 0.2) is 87.5 Å². The highest BCUT2D eigenvalue weighted by molar-refractivity contribution is 7.89. The molecule has 16 heteroatoms. The number of hydrogen-bond donors (Lipinski definition) is 4. The third kappa shape index (κ3) is 8.26. The molecule has 4 aliphatic heterocycles. The van der Waals surface area contributed by atoms with Gasteiger partial charge in [-0.15, -0.1) is 0 Å². The molecule has 3 atom stereocenters. The highest BCUT2D eigenvalue weighted by Crippen LogP contribution is 2.55. The number of carbonyl (C=O) groups is 1. The van der Waals surface area contributed by atoms with Crippen LogP contribution < -0.4 is 4.90 Å². The van der Waals surface area contributed by atoms with Crippen molar-refractivity contribution in [2.24, 2.45) is 11.3 Å². The maximum absolute atomic E-state index is 12.7. The fraction of sp³-hybridized carbons (Fsp3) is 0.487. The lowest BCUT2D eigenvalue weighted by Crippen LogP contribution is -2.36. The molecule has 3 unspecified atom stereocenters. The van der Waals surface area contributed by atoms with Crippen molar-refractivity contribution in [2.45, 2.75) is 94.8 Å². The summed E-state index contributed by atoms with van der Waals surface area (Å²) in [6, 6.07) is 3.13. The van der Waals surface area contributed by atoms with E-state index >= 15 is 0 Å². The number of carboxylic acids is 1. The van der Waals surface area contributed by atoms with Crippen molar-refractivity contribution in [2.75, 3.05) is 23.7 Å². The minimum absolute atomic E-state index is 0.0478. The normalized spacial score (nSPS) is 25.8. The molecule has 4 N–H and O–H groups in total. The zero-order chi connectivity index (χ0) is 40.0. The van der Waals surface area contributed by atoms with E-state index in [1.165, 1.54) is 12.1 Å². The summed E-state index contributed by atoms with van der Waals surface area (Å²) in [5.41, 5.74) is 3.99. The van der Waals surface area contributed by atoms with Crippen LogP contribution in [0.4, 0.5) is 5.69 Å². The van der Waals surface area contributed by atoms with Crippen LogP contribution in [0.2, 0.25) is 0 Å². The Morgan fingerprint density at radius 2 is 1.65 bits per heavy atom. The van der Waals surface area contributed by atoms with Crippen molar-refractivity contribution >= 4 is 47.7 Å². The molecule has 13 nitrogen and oxygen atoms in total. The quantitative estimate of drug-likeness (QED) is 0.0643. The number of benzene rings is 1. The van der Waals surface area contributed by atoms with Gasteiger partial charge in [-0.25, -0.2) is 0 Å². The molecule has 0 spiro atoms. The van der Waals surface area contributed by atoms with Gasteiger partial charge in [0, 0.05) is 53.9 Å². The van der Waals surface area contributed by atoms with Crippen LogP contribution in [0, 0.1) is 11.3 Å². The highest BCUT2D eigenvalue weighted by atomic mass is 32.2. The van der Waals surface area contributed by atoms with Gasteiger partial charge in [0.2, 0.25) is 0 Å². The molecule has 0 saturated carbocycles. The van der Waals surface area contributed by atoms with Crippen molar-refractivity contribution in [3.63, 3.8) is 0 Å². The van der Waals surface area contributed by atoms with Gasteiger partial charge in [-0.05, 0) is 68.7 Å². The van der Waals surface area contributed by atoms with Gasteiger partial charge in [0.25, 0.3) is 30.4 Å². The lowest BCUT2D eigenvalue weighted by molar-refractivity contribution is -0.482. The highest BCUT2D eigenvalue weighted by Gasteiger charge is 2.60. The standard InChI is InChI=1S/C39H48N2O11S3/c1-38(21-9-10-25-53(44,45)46)29(26-40-24-20-28-17-19-30(54(47,48)49)34(38)36(28)40)13-5-3-6-14-32-39(2,22-8-4-7-15-33(42)43)35-31(55(50,51)52)18-16-27-12-11-23-41(32)37(27)35/h3,5-6,13-14,16-19,26,35H,4,7-12,15,20-25H2,1-2H3,(H3-,42,43,44,45,46,47,48,49,50,51,52)/p+1. The van der Waals surface area contributed by atoms with Gasteiger partial charge in [-0.3, -0.25) is 18.5 Å². The Bertz CT molecular complexity index is 2330. The summed E-state index contributed by atoms with van der Waals surface area (Å²) in [5.74, 6) is -1.91. The van der Waals surface area contributed by atoms with E-state index in [1.54, 1.807) is 12.1 Å². The monoisotopic (exact) mass is 817 g/mol. The maximum atomic E-state index is 12.7. The Balaban J connectivity index is 1.35. The minimum Gasteiger partial charge on any atom is -0.481 e. The van der Waals surface area contributed by atoms with E-state index in [9.17, 15) is 43.7 Å². The Kier molecular flexibility index (Phi) is 11.4. The first kappa shape index (κ1) is 41.0. The molecule has 0 amide bonds. The van der Waals surface area contributed by atoms with Crippen molar-refractivity contribution in [1.29, 1.82) is 0 Å². The summed E-state index contributed by atoms with van der Waals surface area (Å²) in [6.07, 6.45) is 20.1. The van der Waals surface area contributed by atoms with Crippen molar-refractivity contribution in [3.05, 3.63) is 93.7 Å². The maximum Gasteiger partial charge on any atom is 0.303 e. The number of unbranched alkanes of at least 4 members (excludes halogenated alkanes) is 3. The predicted molar refractivity (Wildman–Crippen MR) is 209 cm³/mol. The van der Waals surface area contributed by atoms with Crippen molar-refractivity contribution < 1.29 is 53.4 Å². The number of aliphatic carboxylic acids is 1. The number of carboxylic acid groups (broad SMARTS) is 1. The fourth-order valence-electron chi connectivity index (χ4n) is 9.29. The molecule has 0 bridgehead atoms. The number of rotatable bonds is 16. The first-order valence-corrected chi connectivity index (χ1v) is 23.1. The molecular formula is C39H49N2O11S3+. The fourth-order valence-corrected chi connectivity index (χ4v) is 11.6. The zero-order valence-corrected chi connectivity index (χ0v) is 33.5. The molecule has 1 aliphatic carbocycles. The summed E-state index contributed by atoms with van der Waals surface area (Å²) in [7, 11) is -13.3. The van der Waals surface area contributed by atoms with Gasteiger partial charge in [0.1, 0.15) is 11.4 Å². The van der Waals surface area contributed by atoms with E-state index < -0.39 is 58.8 Å². The van der Waals surface area contributed by atoms with E-state index in [4.69, 9.17) is 5.11 Å². The van der Waals surface area contributed by atoms with E-state index in [-0.39, 0.29) is 22.6 Å². The average molecular weight is 818 g/mol. The summed E-state index contributed by atoms with van der Waals surface area (Å²) >= 11 is 0. The molecular weight excluding hydrogens is 769 g/mol. The summed E-state index contributed by atoms with van der Waals surface area (Å²) < 4.78 is 106. The second-order valence-corrected chi connectivity index (χ2v) is 19.9. The topological polar surface area (TPSA) is 207 Å². The molecule has 5 aliphatic rings. The Hall–Kier alpha value is -3.67. The molecule has 1 aromatic carbocycles. The Morgan fingerprint density at radius 1 is 0.909 bits per heavy atom. The third-order valence-corrected chi connectivity index (χ3v) is 14.5. The molecule has 6 rings (SSSR count). The number of anilines is 1. The number of nitrogens with zero attached hydrogens (tertiary/aromatic N) is 2. The molecule has 0 saturated heterocycles. The largest absolute Gasteiger partial charge is 0.481 e. The summed E-state index contributed by atoms with van der Waals surface area (Å²) in [5, 5.41) is 9.13. The van der Waals surface area contributed by atoms with Crippen LogP contribution in [0.3, 0.4) is 0 Å². The van der Waals surface area contributed by atoms with Crippen LogP contribution in [0.25, 0.3) is 0 Å². The lowest BCUT2D eigenvalue weighted by atomic mass is 9.68. The first-order chi connectivity index (χ1) is 25.8. The number of allylic oxidation sites excluding steroid dienone is 11. The molecule has 1 aromatic rings.